The van der Waals surface area contributed by atoms with Crippen LogP contribution in [0.4, 0.5) is 10.3 Å². The van der Waals surface area contributed by atoms with Crippen LogP contribution in [-0.2, 0) is 13.0 Å². The molecular formula is C18H18FN5O2. The van der Waals surface area contributed by atoms with Crippen LogP contribution in [0.2, 0.25) is 0 Å². The lowest BCUT2D eigenvalue weighted by molar-refractivity contribution is 0.627. The van der Waals surface area contributed by atoms with E-state index in [2.05, 4.69) is 25.3 Å². The standard InChI is InChI=1S/C18H18FN5O2/c1-10-15(17(26)22-11(2)21-10)7-14-8-16(25)24-18(23-14)20-9-12-3-5-13(19)6-4-12/h3-6,8H,7,9H2,1-2H3,(H,21,22,26)(H2,20,23,24,25). The predicted molar refractivity (Wildman–Crippen MR) is 95.7 cm³/mol. The summed E-state index contributed by atoms with van der Waals surface area (Å²) < 4.78 is 12.9. The van der Waals surface area contributed by atoms with E-state index in [4.69, 9.17) is 0 Å². The lowest BCUT2D eigenvalue weighted by Crippen LogP contribution is -2.20. The fraction of sp³-hybridized carbons (Fsp3) is 0.222. The van der Waals surface area contributed by atoms with Crippen LogP contribution in [0.25, 0.3) is 0 Å². The number of anilines is 1. The second-order valence-electron chi connectivity index (χ2n) is 5.96. The molecule has 0 saturated heterocycles. The summed E-state index contributed by atoms with van der Waals surface area (Å²) in [7, 11) is 0. The Kier molecular flexibility index (Phi) is 4.92. The van der Waals surface area contributed by atoms with Crippen LogP contribution in [0.1, 0.15) is 28.3 Å². The van der Waals surface area contributed by atoms with Gasteiger partial charge in [0, 0.05) is 30.3 Å². The van der Waals surface area contributed by atoms with Gasteiger partial charge in [0.15, 0.2) is 0 Å². The molecule has 0 aliphatic rings. The van der Waals surface area contributed by atoms with Gasteiger partial charge in [0.05, 0.1) is 5.69 Å². The first-order chi connectivity index (χ1) is 12.4. The molecule has 0 aliphatic heterocycles. The Bertz CT molecular complexity index is 1040. The molecule has 0 aliphatic carbocycles. The lowest BCUT2D eigenvalue weighted by Gasteiger charge is -2.08. The molecule has 0 atom stereocenters. The van der Waals surface area contributed by atoms with Gasteiger partial charge >= 0.3 is 0 Å². The first-order valence-electron chi connectivity index (χ1n) is 8.05. The molecule has 2 heterocycles. The van der Waals surface area contributed by atoms with Crippen LogP contribution in [0.5, 0.6) is 0 Å². The van der Waals surface area contributed by atoms with Crippen LogP contribution in [0.15, 0.2) is 39.9 Å². The van der Waals surface area contributed by atoms with Gasteiger partial charge in [-0.15, -0.1) is 0 Å². The summed E-state index contributed by atoms with van der Waals surface area (Å²) >= 11 is 0. The highest BCUT2D eigenvalue weighted by Crippen LogP contribution is 2.08. The Labute approximate surface area is 148 Å². The van der Waals surface area contributed by atoms with E-state index in [1.165, 1.54) is 18.2 Å². The summed E-state index contributed by atoms with van der Waals surface area (Å²) in [5.74, 6) is 0.511. The van der Waals surface area contributed by atoms with Crippen molar-refractivity contribution in [2.75, 3.05) is 5.32 Å². The smallest absolute Gasteiger partial charge is 0.254 e. The molecule has 2 aromatic heterocycles. The maximum absolute atomic E-state index is 12.9. The van der Waals surface area contributed by atoms with E-state index in [-0.39, 0.29) is 29.3 Å². The number of nitrogens with zero attached hydrogens (tertiary/aromatic N) is 2. The van der Waals surface area contributed by atoms with Gasteiger partial charge in [-0.25, -0.2) is 14.4 Å². The van der Waals surface area contributed by atoms with Crippen LogP contribution in [-0.4, -0.2) is 19.9 Å². The Morgan fingerprint density at radius 1 is 1.08 bits per heavy atom. The molecule has 0 bridgehead atoms. The highest BCUT2D eigenvalue weighted by Gasteiger charge is 2.10. The minimum Gasteiger partial charge on any atom is -0.352 e. The number of hydrogen-bond acceptors (Lipinski definition) is 5. The van der Waals surface area contributed by atoms with E-state index in [0.29, 0.717) is 29.3 Å². The van der Waals surface area contributed by atoms with Gasteiger partial charge in [-0.3, -0.25) is 14.6 Å². The minimum absolute atomic E-state index is 0.198. The van der Waals surface area contributed by atoms with E-state index >= 15 is 0 Å². The molecule has 1 aromatic carbocycles. The Balaban J connectivity index is 1.81. The average molecular weight is 355 g/mol. The molecule has 7 nitrogen and oxygen atoms in total. The van der Waals surface area contributed by atoms with Crippen LogP contribution < -0.4 is 16.4 Å². The first kappa shape index (κ1) is 17.5. The number of rotatable bonds is 5. The van der Waals surface area contributed by atoms with Crippen molar-refractivity contribution >= 4 is 5.95 Å². The normalized spacial score (nSPS) is 10.7. The van der Waals surface area contributed by atoms with Gasteiger partial charge in [-0.2, -0.15) is 0 Å². The summed E-state index contributed by atoms with van der Waals surface area (Å²) in [6.45, 7) is 3.83. The molecule has 0 saturated carbocycles. The second-order valence-corrected chi connectivity index (χ2v) is 5.96. The molecule has 0 amide bonds. The number of halogens is 1. The molecule has 3 rings (SSSR count). The van der Waals surface area contributed by atoms with Crippen molar-refractivity contribution in [3.8, 4) is 0 Å². The fourth-order valence-electron chi connectivity index (χ4n) is 2.61. The van der Waals surface area contributed by atoms with Crippen LogP contribution in [0.3, 0.4) is 0 Å². The van der Waals surface area contributed by atoms with Gasteiger partial charge in [-0.05, 0) is 31.5 Å². The molecule has 0 radical (unpaired) electrons. The van der Waals surface area contributed by atoms with Gasteiger partial charge in [0.25, 0.3) is 11.1 Å². The molecule has 26 heavy (non-hydrogen) atoms. The van der Waals surface area contributed by atoms with Gasteiger partial charge in [-0.1, -0.05) is 12.1 Å². The highest BCUT2D eigenvalue weighted by atomic mass is 19.1. The topological polar surface area (TPSA) is 104 Å². The lowest BCUT2D eigenvalue weighted by atomic mass is 10.1. The monoisotopic (exact) mass is 355 g/mol. The SMILES string of the molecule is Cc1nc(C)c(Cc2cc(=O)[nH]c(NCc3ccc(F)cc3)n2)c(=O)[nH]1. The predicted octanol–water partition coefficient (Wildman–Crippen LogP) is 1.81. The highest BCUT2D eigenvalue weighted by molar-refractivity contribution is 5.30. The second kappa shape index (κ2) is 7.30. The summed E-state index contributed by atoms with van der Waals surface area (Å²) in [4.78, 5) is 37.9. The third-order valence-electron chi connectivity index (χ3n) is 3.87. The zero-order valence-electron chi connectivity index (χ0n) is 14.4. The van der Waals surface area contributed by atoms with Crippen LogP contribution in [0, 0.1) is 19.7 Å². The van der Waals surface area contributed by atoms with Crippen molar-refractivity contribution in [3.05, 3.63) is 85.2 Å². The quantitative estimate of drug-likeness (QED) is 0.648. The van der Waals surface area contributed by atoms with Crippen molar-refractivity contribution in [2.45, 2.75) is 26.8 Å². The van der Waals surface area contributed by atoms with Gasteiger partial charge in [0.1, 0.15) is 11.6 Å². The van der Waals surface area contributed by atoms with Gasteiger partial charge < -0.3 is 10.3 Å². The molecule has 134 valence electrons. The van der Waals surface area contributed by atoms with Crippen molar-refractivity contribution in [3.63, 3.8) is 0 Å². The number of aryl methyl sites for hydroxylation is 2. The molecule has 3 N–H and O–H groups in total. The zero-order chi connectivity index (χ0) is 18.7. The summed E-state index contributed by atoms with van der Waals surface area (Å²) in [5, 5.41) is 3.00. The number of aromatic amines is 2. The molecule has 8 heteroatoms. The largest absolute Gasteiger partial charge is 0.352 e. The fourth-order valence-corrected chi connectivity index (χ4v) is 2.61. The molecule has 0 unspecified atom stereocenters. The number of benzene rings is 1. The van der Waals surface area contributed by atoms with Crippen molar-refractivity contribution in [1.29, 1.82) is 0 Å². The number of nitrogens with one attached hydrogen (secondary N) is 3. The Morgan fingerprint density at radius 2 is 1.81 bits per heavy atom. The number of aromatic nitrogens is 4. The average Bonchev–Trinajstić information content (AvgIpc) is 2.57. The maximum Gasteiger partial charge on any atom is 0.254 e. The summed E-state index contributed by atoms with van der Waals surface area (Å²) in [6, 6.07) is 7.37. The van der Waals surface area contributed by atoms with E-state index in [1.807, 2.05) is 0 Å². The van der Waals surface area contributed by atoms with Crippen LogP contribution >= 0.6 is 0 Å². The Morgan fingerprint density at radius 3 is 2.50 bits per heavy atom. The van der Waals surface area contributed by atoms with E-state index in [1.54, 1.807) is 26.0 Å². The van der Waals surface area contributed by atoms with Gasteiger partial charge in [0.2, 0.25) is 5.95 Å². The molecular weight excluding hydrogens is 337 g/mol. The first-order valence-corrected chi connectivity index (χ1v) is 8.05. The maximum atomic E-state index is 12.9. The van der Waals surface area contributed by atoms with Crippen molar-refractivity contribution in [2.24, 2.45) is 0 Å². The van der Waals surface area contributed by atoms with Crippen molar-refractivity contribution < 1.29 is 4.39 Å². The van der Waals surface area contributed by atoms with E-state index < -0.39 is 0 Å². The number of H-pyrrole nitrogens is 2. The van der Waals surface area contributed by atoms with E-state index in [0.717, 1.165) is 5.56 Å². The Hall–Kier alpha value is -3.29. The summed E-state index contributed by atoms with van der Waals surface area (Å²) in [6.07, 6.45) is 0.198. The summed E-state index contributed by atoms with van der Waals surface area (Å²) in [5.41, 5.74) is 1.81. The molecule has 0 spiro atoms. The minimum atomic E-state index is -0.328. The molecule has 0 fully saturated rings. The van der Waals surface area contributed by atoms with Crippen molar-refractivity contribution in [1.82, 2.24) is 19.9 Å². The third-order valence-corrected chi connectivity index (χ3v) is 3.87. The number of hydrogen-bond donors (Lipinski definition) is 3. The third kappa shape index (κ3) is 4.21. The zero-order valence-corrected chi connectivity index (χ0v) is 14.4. The van der Waals surface area contributed by atoms with E-state index in [9.17, 15) is 14.0 Å². The molecule has 3 aromatic rings.